The topological polar surface area (TPSA) is 0 Å². The molecule has 1 heteroatoms. The Morgan fingerprint density at radius 1 is 1.25 bits per heavy atom. The Hall–Kier alpha value is -1.11. The molecule has 0 atom stereocenters. The molecule has 0 spiro atoms. The lowest BCUT2D eigenvalue weighted by molar-refractivity contribution is 0.627. The summed E-state index contributed by atoms with van der Waals surface area (Å²) < 4.78 is 12.5. The first-order valence-electron chi connectivity index (χ1n) is 4.01. The fraction of sp³-hybridized carbons (Fsp3) is 0.182. The van der Waals surface area contributed by atoms with Gasteiger partial charge in [-0.3, -0.25) is 0 Å². The van der Waals surface area contributed by atoms with Gasteiger partial charge in [0.25, 0.3) is 0 Å². The Morgan fingerprint density at radius 2 is 1.92 bits per heavy atom. The quantitative estimate of drug-likeness (QED) is 0.642. The maximum atomic E-state index is 12.5. The zero-order valence-electron chi connectivity index (χ0n) is 6.96. The molecule has 0 heterocycles. The van der Waals surface area contributed by atoms with Crippen LogP contribution in [0.15, 0.2) is 36.4 Å². The van der Waals surface area contributed by atoms with Crippen LogP contribution in [0.4, 0.5) is 4.39 Å². The van der Waals surface area contributed by atoms with E-state index in [1.165, 1.54) is 12.1 Å². The van der Waals surface area contributed by atoms with Gasteiger partial charge < -0.3 is 0 Å². The van der Waals surface area contributed by atoms with E-state index in [1.54, 1.807) is 6.08 Å². The van der Waals surface area contributed by atoms with Gasteiger partial charge in [0.2, 0.25) is 0 Å². The lowest BCUT2D eigenvalue weighted by Gasteiger charge is -1.96. The summed E-state index contributed by atoms with van der Waals surface area (Å²) in [6.07, 6.45) is 5.70. The Kier molecular flexibility index (Phi) is 3.52. The number of halogens is 1. The first kappa shape index (κ1) is 8.98. The van der Waals surface area contributed by atoms with Crippen molar-refractivity contribution >= 4 is 0 Å². The van der Waals surface area contributed by atoms with Crippen LogP contribution in [-0.2, 0) is 6.42 Å². The second kappa shape index (κ2) is 4.70. The zero-order chi connectivity index (χ0) is 8.81. The van der Waals surface area contributed by atoms with Crippen LogP contribution < -0.4 is 0 Å². The fourth-order valence-electron chi connectivity index (χ4n) is 1.02. The van der Waals surface area contributed by atoms with Crippen molar-refractivity contribution in [2.75, 3.05) is 0 Å². The lowest BCUT2D eigenvalue weighted by atomic mass is 10.1. The first-order valence-corrected chi connectivity index (χ1v) is 4.01. The molecule has 0 bridgehead atoms. The van der Waals surface area contributed by atoms with Gasteiger partial charge >= 0.3 is 0 Å². The summed E-state index contributed by atoms with van der Waals surface area (Å²) in [5.74, 6) is -0.175. The molecule has 0 fully saturated rings. The highest BCUT2D eigenvalue weighted by Crippen LogP contribution is 2.05. The summed E-state index contributed by atoms with van der Waals surface area (Å²) in [6.45, 7) is 3.59. The molecule has 1 radical (unpaired) electrons. The number of rotatable bonds is 3. The molecule has 0 saturated heterocycles. The van der Waals surface area contributed by atoms with E-state index in [-0.39, 0.29) is 5.82 Å². The number of hydrogen-bond acceptors (Lipinski definition) is 0. The van der Waals surface area contributed by atoms with Crippen molar-refractivity contribution in [3.05, 3.63) is 54.7 Å². The first-order chi connectivity index (χ1) is 5.83. The van der Waals surface area contributed by atoms with Gasteiger partial charge in [0.15, 0.2) is 0 Å². The van der Waals surface area contributed by atoms with E-state index in [9.17, 15) is 4.39 Å². The average Bonchev–Trinajstić information content (AvgIpc) is 2.09. The Labute approximate surface area is 72.7 Å². The van der Waals surface area contributed by atoms with Gasteiger partial charge in [-0.05, 0) is 37.5 Å². The minimum Gasteiger partial charge on any atom is -0.207 e. The molecular weight excluding hydrogens is 151 g/mol. The van der Waals surface area contributed by atoms with Gasteiger partial charge in [-0.25, -0.2) is 4.39 Å². The van der Waals surface area contributed by atoms with Crippen molar-refractivity contribution in [2.45, 2.75) is 12.8 Å². The van der Waals surface area contributed by atoms with Gasteiger partial charge in [-0.1, -0.05) is 24.3 Å². The zero-order valence-corrected chi connectivity index (χ0v) is 6.96. The molecule has 0 aliphatic carbocycles. The van der Waals surface area contributed by atoms with Gasteiger partial charge in [0, 0.05) is 0 Å². The number of benzene rings is 1. The molecule has 1 aromatic carbocycles. The monoisotopic (exact) mass is 163 g/mol. The van der Waals surface area contributed by atoms with Crippen LogP contribution in [0.3, 0.4) is 0 Å². The van der Waals surface area contributed by atoms with Crippen LogP contribution in [0.5, 0.6) is 0 Å². The maximum Gasteiger partial charge on any atom is 0.123 e. The molecule has 0 N–H and O–H groups in total. The highest BCUT2D eigenvalue weighted by molar-refractivity contribution is 5.16. The molecule has 1 aromatic rings. The SMILES string of the molecule is [CH2]C=CCCc1ccc(F)cc1. The van der Waals surface area contributed by atoms with E-state index in [4.69, 9.17) is 0 Å². The Morgan fingerprint density at radius 3 is 2.50 bits per heavy atom. The second-order valence-electron chi connectivity index (χ2n) is 2.64. The van der Waals surface area contributed by atoms with Gasteiger partial charge in [-0.15, -0.1) is 0 Å². The molecule has 0 aromatic heterocycles. The minimum absolute atomic E-state index is 0.175. The van der Waals surface area contributed by atoms with Crippen LogP contribution in [0.1, 0.15) is 12.0 Å². The van der Waals surface area contributed by atoms with E-state index in [0.29, 0.717) is 0 Å². The van der Waals surface area contributed by atoms with E-state index in [2.05, 4.69) is 6.92 Å². The number of aryl methyl sites for hydroxylation is 1. The van der Waals surface area contributed by atoms with Gasteiger partial charge in [-0.2, -0.15) is 0 Å². The highest BCUT2D eigenvalue weighted by atomic mass is 19.1. The number of allylic oxidation sites excluding steroid dienone is 2. The third kappa shape index (κ3) is 2.87. The van der Waals surface area contributed by atoms with E-state index >= 15 is 0 Å². The fourth-order valence-corrected chi connectivity index (χ4v) is 1.02. The van der Waals surface area contributed by atoms with Crippen LogP contribution in [0.25, 0.3) is 0 Å². The second-order valence-corrected chi connectivity index (χ2v) is 2.64. The summed E-state index contributed by atoms with van der Waals surface area (Å²) in [5, 5.41) is 0. The van der Waals surface area contributed by atoms with Crippen molar-refractivity contribution < 1.29 is 4.39 Å². The van der Waals surface area contributed by atoms with Gasteiger partial charge in [0.1, 0.15) is 5.82 Å². The largest absolute Gasteiger partial charge is 0.207 e. The molecule has 0 aliphatic rings. The predicted molar refractivity (Wildman–Crippen MR) is 49.2 cm³/mol. The van der Waals surface area contributed by atoms with Crippen molar-refractivity contribution in [3.8, 4) is 0 Å². The smallest absolute Gasteiger partial charge is 0.123 e. The van der Waals surface area contributed by atoms with E-state index in [1.807, 2.05) is 18.2 Å². The van der Waals surface area contributed by atoms with Crippen molar-refractivity contribution in [2.24, 2.45) is 0 Å². The Bertz CT molecular complexity index is 246. The third-order valence-corrected chi connectivity index (χ3v) is 1.68. The van der Waals surface area contributed by atoms with E-state index < -0.39 is 0 Å². The minimum atomic E-state index is -0.175. The van der Waals surface area contributed by atoms with Crippen LogP contribution in [0, 0.1) is 12.7 Å². The normalized spacial score (nSPS) is 10.8. The lowest BCUT2D eigenvalue weighted by Crippen LogP contribution is -1.83. The highest BCUT2D eigenvalue weighted by Gasteiger charge is 1.91. The summed E-state index contributed by atoms with van der Waals surface area (Å²) in [6, 6.07) is 6.60. The molecule has 63 valence electrons. The van der Waals surface area contributed by atoms with Crippen LogP contribution >= 0.6 is 0 Å². The molecular formula is C11H12F. The Balaban J connectivity index is 2.47. The molecule has 12 heavy (non-hydrogen) atoms. The van der Waals surface area contributed by atoms with E-state index in [0.717, 1.165) is 18.4 Å². The molecule has 1 rings (SSSR count). The summed E-state index contributed by atoms with van der Waals surface area (Å²) in [5.41, 5.74) is 1.16. The molecule has 0 saturated carbocycles. The predicted octanol–water partition coefficient (Wildman–Crippen LogP) is 3.15. The van der Waals surface area contributed by atoms with Crippen LogP contribution in [-0.4, -0.2) is 0 Å². The van der Waals surface area contributed by atoms with Crippen molar-refractivity contribution in [1.29, 1.82) is 0 Å². The van der Waals surface area contributed by atoms with Crippen molar-refractivity contribution in [1.82, 2.24) is 0 Å². The van der Waals surface area contributed by atoms with Gasteiger partial charge in [0.05, 0.1) is 0 Å². The average molecular weight is 163 g/mol. The number of hydrogen-bond donors (Lipinski definition) is 0. The summed E-state index contributed by atoms with van der Waals surface area (Å²) in [4.78, 5) is 0. The molecule has 0 nitrogen and oxygen atoms in total. The molecule has 0 amide bonds. The molecule has 0 unspecified atom stereocenters. The molecule has 0 aliphatic heterocycles. The maximum absolute atomic E-state index is 12.5. The third-order valence-electron chi connectivity index (χ3n) is 1.68. The standard InChI is InChI=1S/C11H12F/c1-2-3-4-5-10-6-8-11(12)9-7-10/h2-3,6-9H,1,4-5H2. The van der Waals surface area contributed by atoms with Crippen LogP contribution in [0.2, 0.25) is 0 Å². The summed E-state index contributed by atoms with van der Waals surface area (Å²) >= 11 is 0. The summed E-state index contributed by atoms with van der Waals surface area (Å²) in [7, 11) is 0. The van der Waals surface area contributed by atoms with Crippen molar-refractivity contribution in [3.63, 3.8) is 0 Å².